The number of rotatable bonds is 4. The monoisotopic (exact) mass is 400 g/mol. The minimum Gasteiger partial charge on any atom is -0.366 e. The van der Waals surface area contributed by atoms with Gasteiger partial charge in [0.15, 0.2) is 5.78 Å². The number of Topliss-reactive ketones (excluding diaryl/α,β-unsaturated/α-hetero) is 1. The van der Waals surface area contributed by atoms with Gasteiger partial charge in [0.2, 0.25) is 5.91 Å². The van der Waals surface area contributed by atoms with Crippen molar-refractivity contribution in [3.05, 3.63) is 64.4 Å². The van der Waals surface area contributed by atoms with E-state index in [-0.39, 0.29) is 23.5 Å². The number of nitrogens with zero attached hydrogens (tertiary/aromatic N) is 2. The molecule has 1 heterocycles. The minimum absolute atomic E-state index is 0.00182. The Kier molecular flexibility index (Phi) is 5.11. The number of hydrogen-bond acceptors (Lipinski definition) is 3. The Balaban J connectivity index is 1.37. The number of hydrogen-bond donors (Lipinski definition) is 0. The lowest BCUT2D eigenvalue weighted by Crippen LogP contribution is -2.49. The first-order chi connectivity index (χ1) is 13.5. The summed E-state index contributed by atoms with van der Waals surface area (Å²) in [6.45, 7) is 3.71. The molecule has 0 radical (unpaired) electrons. The van der Waals surface area contributed by atoms with Gasteiger partial charge in [0, 0.05) is 42.7 Å². The maximum absolute atomic E-state index is 14.4. The first kappa shape index (κ1) is 18.9. The summed E-state index contributed by atoms with van der Waals surface area (Å²) in [4.78, 5) is 28.0. The highest BCUT2D eigenvalue weighted by atomic mass is 35.5. The highest BCUT2D eigenvalue weighted by Crippen LogP contribution is 2.50. The molecule has 2 aromatic rings. The zero-order valence-electron chi connectivity index (χ0n) is 15.7. The summed E-state index contributed by atoms with van der Waals surface area (Å²) in [6.07, 6.45) is 0.837. The molecule has 2 unspecified atom stereocenters. The van der Waals surface area contributed by atoms with Crippen LogP contribution in [0.1, 0.15) is 35.2 Å². The van der Waals surface area contributed by atoms with E-state index >= 15 is 0 Å². The molecule has 2 aliphatic rings. The maximum Gasteiger partial charge on any atom is 0.226 e. The van der Waals surface area contributed by atoms with Gasteiger partial charge >= 0.3 is 0 Å². The molecule has 1 aliphatic heterocycles. The Hall–Kier alpha value is -2.40. The Morgan fingerprint density at radius 1 is 1.07 bits per heavy atom. The van der Waals surface area contributed by atoms with Gasteiger partial charge < -0.3 is 9.80 Å². The van der Waals surface area contributed by atoms with Crippen molar-refractivity contribution in [3.8, 4) is 0 Å². The summed E-state index contributed by atoms with van der Waals surface area (Å²) < 4.78 is 14.4. The third-order valence-electron chi connectivity index (χ3n) is 5.70. The average molecular weight is 401 g/mol. The van der Waals surface area contributed by atoms with Crippen molar-refractivity contribution in [1.82, 2.24) is 4.90 Å². The van der Waals surface area contributed by atoms with E-state index < -0.39 is 5.82 Å². The second kappa shape index (κ2) is 7.55. The molecule has 0 N–H and O–H groups in total. The second-order valence-electron chi connectivity index (χ2n) is 7.50. The fourth-order valence-electron chi connectivity index (χ4n) is 3.97. The number of amides is 1. The van der Waals surface area contributed by atoms with E-state index in [1.165, 1.54) is 13.0 Å². The molecule has 2 atom stereocenters. The van der Waals surface area contributed by atoms with Crippen LogP contribution in [0, 0.1) is 11.7 Å². The largest absolute Gasteiger partial charge is 0.366 e. The fourth-order valence-corrected chi connectivity index (χ4v) is 4.25. The predicted molar refractivity (Wildman–Crippen MR) is 107 cm³/mol. The lowest BCUT2D eigenvalue weighted by atomic mass is 10.1. The lowest BCUT2D eigenvalue weighted by Gasteiger charge is -2.36. The molecule has 1 saturated heterocycles. The highest BCUT2D eigenvalue weighted by Gasteiger charge is 2.46. The van der Waals surface area contributed by atoms with E-state index in [9.17, 15) is 14.0 Å². The van der Waals surface area contributed by atoms with E-state index in [1.54, 1.807) is 12.1 Å². The molecular formula is C22H22ClFN2O2. The van der Waals surface area contributed by atoms with Crippen molar-refractivity contribution in [1.29, 1.82) is 0 Å². The van der Waals surface area contributed by atoms with Gasteiger partial charge in [0.05, 0.1) is 5.69 Å². The molecule has 1 amide bonds. The van der Waals surface area contributed by atoms with Crippen LogP contribution in [-0.4, -0.2) is 42.8 Å². The molecule has 28 heavy (non-hydrogen) atoms. The van der Waals surface area contributed by atoms with Gasteiger partial charge in [0.1, 0.15) is 5.82 Å². The zero-order chi connectivity index (χ0) is 19.8. The van der Waals surface area contributed by atoms with E-state index in [0.717, 1.165) is 17.0 Å². The van der Waals surface area contributed by atoms with Crippen LogP contribution in [0.15, 0.2) is 42.5 Å². The van der Waals surface area contributed by atoms with Gasteiger partial charge in [-0.3, -0.25) is 9.59 Å². The van der Waals surface area contributed by atoms with E-state index in [4.69, 9.17) is 11.6 Å². The molecule has 4 rings (SSSR count). The molecular weight excluding hydrogens is 379 g/mol. The normalized spacial score (nSPS) is 21.5. The van der Waals surface area contributed by atoms with Crippen LogP contribution in [0.25, 0.3) is 0 Å². The second-order valence-corrected chi connectivity index (χ2v) is 7.91. The molecule has 146 valence electrons. The predicted octanol–water partition coefficient (Wildman–Crippen LogP) is 4.13. The highest BCUT2D eigenvalue weighted by molar-refractivity contribution is 6.31. The van der Waals surface area contributed by atoms with Crippen LogP contribution in [0.3, 0.4) is 0 Å². The molecule has 6 heteroatoms. The molecule has 4 nitrogen and oxygen atoms in total. The summed E-state index contributed by atoms with van der Waals surface area (Å²) in [6, 6.07) is 12.3. The summed E-state index contributed by atoms with van der Waals surface area (Å²) in [7, 11) is 0. The molecule has 1 saturated carbocycles. The smallest absolute Gasteiger partial charge is 0.226 e. The van der Waals surface area contributed by atoms with Crippen LogP contribution in [0.4, 0.5) is 10.1 Å². The standard InChI is InChI=1S/C22H22ClFN2O2/c1-14(27)15-6-7-21(20(24)12-15)25-8-10-26(11-9-25)22(28)18-13-17(18)16-4-2-3-5-19(16)23/h2-7,12,17-18H,8-11,13H2,1H3. The third-order valence-corrected chi connectivity index (χ3v) is 6.04. The molecule has 0 bridgehead atoms. The zero-order valence-corrected chi connectivity index (χ0v) is 16.5. The van der Waals surface area contributed by atoms with Crippen LogP contribution in [0.2, 0.25) is 5.02 Å². The fraction of sp³-hybridized carbons (Fsp3) is 0.364. The van der Waals surface area contributed by atoms with Gasteiger partial charge in [0.25, 0.3) is 0 Å². The Morgan fingerprint density at radius 3 is 2.43 bits per heavy atom. The Bertz CT molecular complexity index is 925. The number of benzene rings is 2. The van der Waals surface area contributed by atoms with Gasteiger partial charge in [-0.1, -0.05) is 29.8 Å². The maximum atomic E-state index is 14.4. The number of anilines is 1. The van der Waals surface area contributed by atoms with Gasteiger partial charge in [-0.25, -0.2) is 4.39 Å². The molecule has 0 spiro atoms. The molecule has 1 aliphatic carbocycles. The molecule has 2 fully saturated rings. The van der Waals surface area contributed by atoms with Crippen molar-refractivity contribution in [2.75, 3.05) is 31.1 Å². The van der Waals surface area contributed by atoms with Crippen molar-refractivity contribution in [2.24, 2.45) is 5.92 Å². The Labute approximate surface area is 168 Å². The van der Waals surface area contributed by atoms with Crippen molar-refractivity contribution in [3.63, 3.8) is 0 Å². The number of carbonyl (C=O) groups excluding carboxylic acids is 2. The summed E-state index contributed by atoms with van der Waals surface area (Å²) >= 11 is 6.26. The van der Waals surface area contributed by atoms with Crippen molar-refractivity contribution >= 4 is 29.0 Å². The van der Waals surface area contributed by atoms with Gasteiger partial charge in [-0.05, 0) is 49.1 Å². The number of piperazine rings is 1. The van der Waals surface area contributed by atoms with Crippen LogP contribution < -0.4 is 4.90 Å². The van der Waals surface area contributed by atoms with E-state index in [0.29, 0.717) is 37.4 Å². The summed E-state index contributed by atoms with van der Waals surface area (Å²) in [5, 5.41) is 0.720. The van der Waals surface area contributed by atoms with Crippen molar-refractivity contribution in [2.45, 2.75) is 19.3 Å². The number of ketones is 1. The SMILES string of the molecule is CC(=O)c1ccc(N2CCN(C(=O)C3CC3c3ccccc3Cl)CC2)c(F)c1. The number of halogens is 2. The Morgan fingerprint density at radius 2 is 1.79 bits per heavy atom. The summed E-state index contributed by atoms with van der Waals surface area (Å²) in [5.74, 6) is -0.183. The topological polar surface area (TPSA) is 40.6 Å². The molecule has 2 aromatic carbocycles. The van der Waals surface area contributed by atoms with Crippen LogP contribution >= 0.6 is 11.6 Å². The third kappa shape index (κ3) is 3.63. The average Bonchev–Trinajstić information content (AvgIpc) is 3.48. The van der Waals surface area contributed by atoms with Crippen molar-refractivity contribution < 1.29 is 14.0 Å². The van der Waals surface area contributed by atoms with Crippen LogP contribution in [-0.2, 0) is 4.79 Å². The van der Waals surface area contributed by atoms with Gasteiger partial charge in [-0.15, -0.1) is 0 Å². The lowest BCUT2D eigenvalue weighted by molar-refractivity contribution is -0.132. The van der Waals surface area contributed by atoms with Crippen LogP contribution in [0.5, 0.6) is 0 Å². The number of carbonyl (C=O) groups is 2. The summed E-state index contributed by atoms with van der Waals surface area (Å²) in [5.41, 5.74) is 1.90. The minimum atomic E-state index is -0.395. The van der Waals surface area contributed by atoms with Gasteiger partial charge in [-0.2, -0.15) is 0 Å². The van der Waals surface area contributed by atoms with E-state index in [1.807, 2.05) is 34.1 Å². The first-order valence-electron chi connectivity index (χ1n) is 9.54. The molecule has 0 aromatic heterocycles. The van der Waals surface area contributed by atoms with E-state index in [2.05, 4.69) is 0 Å². The quantitative estimate of drug-likeness (QED) is 0.724. The first-order valence-corrected chi connectivity index (χ1v) is 9.92.